The number of benzene rings is 1. The molecule has 6 nitrogen and oxygen atoms in total. The number of nitrogens with zero attached hydrogens (tertiary/aromatic N) is 1. The van der Waals surface area contributed by atoms with E-state index in [1.54, 1.807) is 38.3 Å². The number of rotatable bonds is 6. The van der Waals surface area contributed by atoms with Gasteiger partial charge in [-0.15, -0.1) is 11.3 Å². The van der Waals surface area contributed by atoms with Gasteiger partial charge in [-0.2, -0.15) is 0 Å². The highest BCUT2D eigenvalue weighted by molar-refractivity contribution is 7.10. The van der Waals surface area contributed by atoms with Gasteiger partial charge in [-0.25, -0.2) is 4.79 Å². The van der Waals surface area contributed by atoms with Crippen LogP contribution in [-0.2, 0) is 10.3 Å². The van der Waals surface area contributed by atoms with E-state index in [2.05, 4.69) is 5.32 Å². The van der Waals surface area contributed by atoms with Crippen molar-refractivity contribution < 1.29 is 19.1 Å². The lowest BCUT2D eigenvalue weighted by Crippen LogP contribution is -2.40. The van der Waals surface area contributed by atoms with Crippen molar-refractivity contribution >= 4 is 23.3 Å². The lowest BCUT2D eigenvalue weighted by Gasteiger charge is -2.20. The minimum atomic E-state index is -0.995. The van der Waals surface area contributed by atoms with Gasteiger partial charge in [-0.1, -0.05) is 6.07 Å². The van der Waals surface area contributed by atoms with Gasteiger partial charge in [0, 0.05) is 4.88 Å². The molecule has 1 aromatic carbocycles. The first-order valence-corrected chi connectivity index (χ1v) is 8.37. The summed E-state index contributed by atoms with van der Waals surface area (Å²) in [6, 6.07) is 10.4. The van der Waals surface area contributed by atoms with Crippen LogP contribution >= 0.6 is 11.3 Å². The van der Waals surface area contributed by atoms with E-state index in [4.69, 9.17) is 9.47 Å². The van der Waals surface area contributed by atoms with Crippen molar-refractivity contribution in [3.8, 4) is 11.5 Å². The molecular formula is C17H18N2O4S. The van der Waals surface area contributed by atoms with Crippen molar-refractivity contribution in [1.29, 1.82) is 0 Å². The molecule has 1 unspecified atom stereocenters. The third kappa shape index (κ3) is 2.94. The normalized spacial score (nSPS) is 20.2. The molecule has 1 fully saturated rings. The molecule has 2 heterocycles. The molecule has 7 heteroatoms. The number of ether oxygens (including phenoxy) is 2. The Kier molecular flexibility index (Phi) is 4.44. The van der Waals surface area contributed by atoms with Crippen molar-refractivity contribution in [2.75, 3.05) is 20.3 Å². The number of thiophene rings is 1. The zero-order valence-electron chi connectivity index (χ0n) is 13.4. The fourth-order valence-electron chi connectivity index (χ4n) is 2.56. The minimum absolute atomic E-state index is 0.192. The molecule has 0 bridgehead atoms. The largest absolute Gasteiger partial charge is 0.497 e. The van der Waals surface area contributed by atoms with E-state index in [-0.39, 0.29) is 19.1 Å². The molecule has 1 aromatic heterocycles. The summed E-state index contributed by atoms with van der Waals surface area (Å²) in [6.45, 7) is 2.15. The Morgan fingerprint density at radius 3 is 2.50 bits per heavy atom. The second-order valence-corrected chi connectivity index (χ2v) is 6.46. The van der Waals surface area contributed by atoms with Crippen LogP contribution in [0.2, 0.25) is 0 Å². The Labute approximate surface area is 144 Å². The van der Waals surface area contributed by atoms with Gasteiger partial charge in [0.05, 0.1) is 13.7 Å². The molecule has 3 rings (SSSR count). The van der Waals surface area contributed by atoms with Crippen molar-refractivity contribution in [2.45, 2.75) is 12.5 Å². The van der Waals surface area contributed by atoms with Crippen LogP contribution in [0.1, 0.15) is 11.8 Å². The van der Waals surface area contributed by atoms with E-state index in [1.165, 1.54) is 16.2 Å². The Morgan fingerprint density at radius 2 is 1.88 bits per heavy atom. The van der Waals surface area contributed by atoms with Crippen LogP contribution in [0.15, 0.2) is 41.8 Å². The first kappa shape index (κ1) is 16.3. The molecule has 1 aliphatic rings. The van der Waals surface area contributed by atoms with Crippen molar-refractivity contribution in [2.24, 2.45) is 0 Å². The highest BCUT2D eigenvalue weighted by Crippen LogP contribution is 2.31. The number of amides is 3. The van der Waals surface area contributed by atoms with E-state index in [1.807, 2.05) is 17.5 Å². The number of nitrogens with one attached hydrogen (secondary N) is 1. The van der Waals surface area contributed by atoms with Gasteiger partial charge in [-0.05, 0) is 42.6 Å². The Bertz CT molecular complexity index is 730. The monoisotopic (exact) mass is 346 g/mol. The van der Waals surface area contributed by atoms with Crippen LogP contribution in [0.3, 0.4) is 0 Å². The summed E-state index contributed by atoms with van der Waals surface area (Å²) in [5.74, 6) is 1.14. The van der Waals surface area contributed by atoms with Crippen molar-refractivity contribution in [3.63, 3.8) is 0 Å². The van der Waals surface area contributed by atoms with Gasteiger partial charge < -0.3 is 14.8 Å². The molecule has 1 saturated heterocycles. The van der Waals surface area contributed by atoms with Crippen LogP contribution in [0, 0.1) is 0 Å². The minimum Gasteiger partial charge on any atom is -0.497 e. The van der Waals surface area contributed by atoms with Crippen LogP contribution in [0.25, 0.3) is 0 Å². The van der Waals surface area contributed by atoms with Crippen LogP contribution < -0.4 is 14.8 Å². The summed E-state index contributed by atoms with van der Waals surface area (Å²) in [7, 11) is 1.60. The van der Waals surface area contributed by atoms with Gasteiger partial charge in [0.25, 0.3) is 5.91 Å². The van der Waals surface area contributed by atoms with Crippen LogP contribution in [0.5, 0.6) is 11.5 Å². The first-order valence-electron chi connectivity index (χ1n) is 7.49. The molecule has 1 aliphatic heterocycles. The maximum atomic E-state index is 12.6. The summed E-state index contributed by atoms with van der Waals surface area (Å²) < 4.78 is 10.7. The highest BCUT2D eigenvalue weighted by atomic mass is 32.1. The molecule has 0 radical (unpaired) electrons. The molecule has 1 N–H and O–H groups in total. The van der Waals surface area contributed by atoms with Crippen LogP contribution in [-0.4, -0.2) is 37.1 Å². The number of methoxy groups -OCH3 is 1. The molecule has 2 aromatic rings. The number of carbonyl (C=O) groups is 2. The second-order valence-electron chi connectivity index (χ2n) is 5.51. The number of imide groups is 1. The number of hydrogen-bond donors (Lipinski definition) is 1. The standard InChI is InChI=1S/C17H18N2O4S/c1-17(14-4-3-11-24-14)15(20)19(16(21)18-17)9-10-23-13-7-5-12(22-2)6-8-13/h3-8,11H,9-10H2,1-2H3,(H,18,21). The molecular weight excluding hydrogens is 328 g/mol. The molecule has 3 amide bonds. The smallest absolute Gasteiger partial charge is 0.325 e. The summed E-state index contributed by atoms with van der Waals surface area (Å²) in [5, 5.41) is 4.66. The summed E-state index contributed by atoms with van der Waals surface area (Å²) in [5.41, 5.74) is -0.995. The van der Waals surface area contributed by atoms with Gasteiger partial charge in [0.2, 0.25) is 0 Å². The third-order valence-corrected chi connectivity index (χ3v) is 5.02. The Morgan fingerprint density at radius 1 is 1.17 bits per heavy atom. The van der Waals surface area contributed by atoms with Gasteiger partial charge in [0.15, 0.2) is 5.54 Å². The predicted octanol–water partition coefficient (Wildman–Crippen LogP) is 2.60. The van der Waals surface area contributed by atoms with E-state index in [0.29, 0.717) is 5.75 Å². The lowest BCUT2D eigenvalue weighted by atomic mass is 10.0. The molecule has 0 saturated carbocycles. The summed E-state index contributed by atoms with van der Waals surface area (Å²) in [4.78, 5) is 26.8. The van der Waals surface area contributed by atoms with Crippen molar-refractivity contribution in [3.05, 3.63) is 46.7 Å². The molecule has 126 valence electrons. The summed E-state index contributed by atoms with van der Waals surface area (Å²) >= 11 is 1.45. The molecule has 0 aliphatic carbocycles. The average Bonchev–Trinajstić information content (AvgIpc) is 3.19. The maximum absolute atomic E-state index is 12.6. The predicted molar refractivity (Wildman–Crippen MR) is 90.4 cm³/mol. The average molecular weight is 346 g/mol. The topological polar surface area (TPSA) is 67.9 Å². The van der Waals surface area contributed by atoms with E-state index in [9.17, 15) is 9.59 Å². The zero-order valence-corrected chi connectivity index (χ0v) is 14.3. The molecule has 1 atom stereocenters. The highest BCUT2D eigenvalue weighted by Gasteiger charge is 2.49. The Balaban J connectivity index is 1.61. The van der Waals surface area contributed by atoms with Gasteiger partial charge >= 0.3 is 6.03 Å². The number of hydrogen-bond acceptors (Lipinski definition) is 5. The SMILES string of the molecule is COc1ccc(OCCN2C(=O)NC(C)(c3cccs3)C2=O)cc1. The van der Waals surface area contributed by atoms with Crippen molar-refractivity contribution in [1.82, 2.24) is 10.2 Å². The van der Waals surface area contributed by atoms with Gasteiger partial charge in [-0.3, -0.25) is 9.69 Å². The third-order valence-electron chi connectivity index (χ3n) is 3.93. The Hall–Kier alpha value is -2.54. The maximum Gasteiger partial charge on any atom is 0.325 e. The fourth-order valence-corrected chi connectivity index (χ4v) is 3.39. The molecule has 24 heavy (non-hydrogen) atoms. The van der Waals surface area contributed by atoms with Crippen LogP contribution in [0.4, 0.5) is 4.79 Å². The molecule has 0 spiro atoms. The summed E-state index contributed by atoms with van der Waals surface area (Å²) in [6.07, 6.45) is 0. The second kappa shape index (κ2) is 6.52. The quantitative estimate of drug-likeness (QED) is 0.817. The fraction of sp³-hybridized carbons (Fsp3) is 0.294. The van der Waals surface area contributed by atoms with E-state index < -0.39 is 11.6 Å². The zero-order chi connectivity index (χ0) is 17.2. The van der Waals surface area contributed by atoms with E-state index >= 15 is 0 Å². The van der Waals surface area contributed by atoms with E-state index in [0.717, 1.165) is 10.6 Å². The number of urea groups is 1. The van der Waals surface area contributed by atoms with Gasteiger partial charge in [0.1, 0.15) is 18.1 Å². The number of carbonyl (C=O) groups excluding carboxylic acids is 2. The first-order chi connectivity index (χ1) is 11.5. The lowest BCUT2D eigenvalue weighted by molar-refractivity contribution is -0.131.